The van der Waals surface area contributed by atoms with Crippen LogP contribution < -0.4 is 5.32 Å². The number of rotatable bonds is 6. The number of aromatic carboxylic acids is 1. The Hall–Kier alpha value is -3.12. The number of carbonyl (C=O) groups is 2. The molecule has 3 rings (SSSR count). The highest BCUT2D eigenvalue weighted by atomic mass is 32.1. The Morgan fingerprint density at radius 3 is 2.31 bits per heavy atom. The van der Waals surface area contributed by atoms with Crippen molar-refractivity contribution in [1.82, 2.24) is 0 Å². The van der Waals surface area contributed by atoms with E-state index in [1.165, 1.54) is 16.9 Å². The van der Waals surface area contributed by atoms with E-state index in [1.54, 1.807) is 0 Å². The van der Waals surface area contributed by atoms with Crippen molar-refractivity contribution in [1.29, 1.82) is 0 Å². The lowest BCUT2D eigenvalue weighted by atomic mass is 9.97. The molecule has 0 radical (unpaired) electrons. The maximum atomic E-state index is 12.2. The quantitative estimate of drug-likeness (QED) is 0.501. The van der Waals surface area contributed by atoms with E-state index < -0.39 is 12.1 Å². The SMILES string of the molecule is Cc1sc(NC(=O)OCc2ccccc2)c(C(=O)O)c1-c1ccc(C(C)C)cc1. The van der Waals surface area contributed by atoms with E-state index >= 15 is 0 Å². The minimum atomic E-state index is -1.09. The number of thiophene rings is 1. The molecule has 0 aliphatic rings. The molecule has 2 N–H and O–H groups in total. The number of carboxylic acid groups (broad SMARTS) is 1. The van der Waals surface area contributed by atoms with Gasteiger partial charge >= 0.3 is 12.1 Å². The summed E-state index contributed by atoms with van der Waals surface area (Å²) in [5.74, 6) is -0.696. The first-order valence-corrected chi connectivity index (χ1v) is 10.1. The van der Waals surface area contributed by atoms with Crippen LogP contribution in [0.4, 0.5) is 9.80 Å². The van der Waals surface area contributed by atoms with Crippen LogP contribution in [0.3, 0.4) is 0 Å². The molecule has 0 spiro atoms. The topological polar surface area (TPSA) is 75.6 Å². The van der Waals surface area contributed by atoms with Crippen LogP contribution in [0.5, 0.6) is 0 Å². The van der Waals surface area contributed by atoms with Gasteiger partial charge in [0.05, 0.1) is 0 Å². The summed E-state index contributed by atoms with van der Waals surface area (Å²) in [6.45, 7) is 6.18. The molecule has 0 aliphatic heterocycles. The van der Waals surface area contributed by atoms with Crippen molar-refractivity contribution < 1.29 is 19.4 Å². The fourth-order valence-corrected chi connectivity index (χ4v) is 4.12. The van der Waals surface area contributed by atoms with Crippen LogP contribution in [0, 0.1) is 6.92 Å². The molecule has 0 atom stereocenters. The van der Waals surface area contributed by atoms with Crippen molar-refractivity contribution in [3.8, 4) is 11.1 Å². The van der Waals surface area contributed by atoms with Gasteiger partial charge in [-0.25, -0.2) is 9.59 Å². The lowest BCUT2D eigenvalue weighted by Crippen LogP contribution is -2.14. The third-order valence-electron chi connectivity index (χ3n) is 4.59. The first kappa shape index (κ1) is 20.6. The molecule has 2 aromatic carbocycles. The van der Waals surface area contributed by atoms with Crippen LogP contribution in [0.15, 0.2) is 54.6 Å². The normalized spacial score (nSPS) is 10.8. The van der Waals surface area contributed by atoms with E-state index in [0.717, 1.165) is 16.0 Å². The third-order valence-corrected chi connectivity index (χ3v) is 5.61. The van der Waals surface area contributed by atoms with Crippen LogP contribution in [0.2, 0.25) is 0 Å². The van der Waals surface area contributed by atoms with E-state index in [4.69, 9.17) is 4.74 Å². The molecule has 0 saturated heterocycles. The van der Waals surface area contributed by atoms with Crippen molar-refractivity contribution in [2.45, 2.75) is 33.3 Å². The third kappa shape index (κ3) is 4.84. The number of anilines is 1. The molecule has 1 aromatic heterocycles. The number of benzene rings is 2. The Labute approximate surface area is 174 Å². The van der Waals surface area contributed by atoms with Gasteiger partial charge in [0.15, 0.2) is 0 Å². The first-order valence-electron chi connectivity index (χ1n) is 9.31. The van der Waals surface area contributed by atoms with Gasteiger partial charge in [0, 0.05) is 10.4 Å². The van der Waals surface area contributed by atoms with E-state index in [2.05, 4.69) is 19.2 Å². The van der Waals surface area contributed by atoms with E-state index in [-0.39, 0.29) is 17.2 Å². The van der Waals surface area contributed by atoms with Gasteiger partial charge in [-0.3, -0.25) is 5.32 Å². The van der Waals surface area contributed by atoms with Crippen LogP contribution in [-0.2, 0) is 11.3 Å². The monoisotopic (exact) mass is 409 g/mol. The van der Waals surface area contributed by atoms with Gasteiger partial charge in [-0.1, -0.05) is 68.4 Å². The summed E-state index contributed by atoms with van der Waals surface area (Å²) in [4.78, 5) is 25.0. The summed E-state index contributed by atoms with van der Waals surface area (Å²) >= 11 is 1.23. The lowest BCUT2D eigenvalue weighted by molar-refractivity contribution is 0.0699. The predicted molar refractivity (Wildman–Crippen MR) is 116 cm³/mol. The molecule has 1 amide bonds. The van der Waals surface area contributed by atoms with Gasteiger partial charge in [-0.05, 0) is 29.5 Å². The molecule has 0 aliphatic carbocycles. The van der Waals surface area contributed by atoms with Gasteiger partial charge in [0.2, 0.25) is 0 Å². The molecule has 3 aromatic rings. The maximum Gasteiger partial charge on any atom is 0.412 e. The number of carbonyl (C=O) groups excluding carboxylic acids is 1. The summed E-state index contributed by atoms with van der Waals surface area (Å²) < 4.78 is 5.23. The number of nitrogens with one attached hydrogen (secondary N) is 1. The number of hydrogen-bond acceptors (Lipinski definition) is 4. The summed E-state index contributed by atoms with van der Waals surface area (Å²) in [6, 6.07) is 17.2. The average molecular weight is 410 g/mol. The second kappa shape index (κ2) is 8.92. The Balaban J connectivity index is 1.83. The van der Waals surface area contributed by atoms with Gasteiger partial charge in [-0.2, -0.15) is 0 Å². The van der Waals surface area contributed by atoms with Crippen molar-refractivity contribution >= 4 is 28.4 Å². The summed E-state index contributed by atoms with van der Waals surface area (Å²) in [7, 11) is 0. The van der Waals surface area contributed by atoms with Crippen LogP contribution in [0.25, 0.3) is 11.1 Å². The van der Waals surface area contributed by atoms with Crippen molar-refractivity contribution in [3.05, 3.63) is 76.2 Å². The first-order chi connectivity index (χ1) is 13.9. The van der Waals surface area contributed by atoms with Gasteiger partial charge in [0.25, 0.3) is 0 Å². The number of hydrogen-bond donors (Lipinski definition) is 2. The summed E-state index contributed by atoms with van der Waals surface area (Å²) in [5, 5.41) is 12.7. The second-order valence-electron chi connectivity index (χ2n) is 7.01. The minimum absolute atomic E-state index is 0.0847. The van der Waals surface area contributed by atoms with Crippen molar-refractivity contribution in [3.63, 3.8) is 0 Å². The van der Waals surface area contributed by atoms with E-state index in [1.807, 2.05) is 61.5 Å². The zero-order valence-corrected chi connectivity index (χ0v) is 17.4. The number of amides is 1. The molecule has 1 heterocycles. The zero-order chi connectivity index (χ0) is 21.0. The average Bonchev–Trinajstić information content (AvgIpc) is 3.03. The summed E-state index contributed by atoms with van der Waals surface area (Å²) in [6.07, 6.45) is -0.681. The Kier molecular flexibility index (Phi) is 6.34. The highest BCUT2D eigenvalue weighted by molar-refractivity contribution is 7.17. The molecule has 0 fully saturated rings. The highest BCUT2D eigenvalue weighted by Crippen LogP contribution is 2.40. The maximum absolute atomic E-state index is 12.2. The van der Waals surface area contributed by atoms with Crippen LogP contribution in [0.1, 0.15) is 46.1 Å². The van der Waals surface area contributed by atoms with Gasteiger partial charge in [-0.15, -0.1) is 11.3 Å². The highest BCUT2D eigenvalue weighted by Gasteiger charge is 2.24. The zero-order valence-electron chi connectivity index (χ0n) is 16.6. The molecule has 0 unspecified atom stereocenters. The number of ether oxygens (including phenoxy) is 1. The van der Waals surface area contributed by atoms with Crippen molar-refractivity contribution in [2.75, 3.05) is 5.32 Å². The predicted octanol–water partition coefficient (Wildman–Crippen LogP) is 6.29. The summed E-state index contributed by atoms with van der Waals surface area (Å²) in [5.41, 5.74) is 3.56. The second-order valence-corrected chi connectivity index (χ2v) is 8.23. The van der Waals surface area contributed by atoms with Gasteiger partial charge in [0.1, 0.15) is 17.2 Å². The molecular weight excluding hydrogens is 386 g/mol. The van der Waals surface area contributed by atoms with E-state index in [9.17, 15) is 14.7 Å². The minimum Gasteiger partial charge on any atom is -0.478 e. The number of carboxylic acids is 1. The molecule has 0 saturated carbocycles. The van der Waals surface area contributed by atoms with Gasteiger partial charge < -0.3 is 9.84 Å². The molecule has 150 valence electrons. The van der Waals surface area contributed by atoms with Crippen LogP contribution >= 0.6 is 11.3 Å². The standard InChI is InChI=1S/C23H23NO4S/c1-14(2)17-9-11-18(12-10-17)19-15(3)29-21(20(19)22(25)26)24-23(27)28-13-16-7-5-4-6-8-16/h4-12,14H,13H2,1-3H3,(H,24,27)(H,25,26). The van der Waals surface area contributed by atoms with Crippen LogP contribution in [-0.4, -0.2) is 17.2 Å². The Bertz CT molecular complexity index is 1010. The Morgan fingerprint density at radius 1 is 1.07 bits per heavy atom. The van der Waals surface area contributed by atoms with E-state index in [0.29, 0.717) is 11.5 Å². The number of aryl methyl sites for hydroxylation is 1. The molecule has 5 nitrogen and oxygen atoms in total. The fourth-order valence-electron chi connectivity index (χ4n) is 3.07. The smallest absolute Gasteiger partial charge is 0.412 e. The molecule has 0 bridgehead atoms. The fraction of sp³-hybridized carbons (Fsp3) is 0.217. The molecule has 29 heavy (non-hydrogen) atoms. The molecule has 6 heteroatoms. The lowest BCUT2D eigenvalue weighted by Gasteiger charge is -2.09. The van der Waals surface area contributed by atoms with Crippen molar-refractivity contribution in [2.24, 2.45) is 0 Å². The largest absolute Gasteiger partial charge is 0.478 e. The Morgan fingerprint density at radius 2 is 1.72 bits per heavy atom. The molecular formula is C23H23NO4S.